The van der Waals surface area contributed by atoms with Crippen LogP contribution in [0.15, 0.2) is 41.6 Å². The Balaban J connectivity index is 3.03. The van der Waals surface area contributed by atoms with E-state index in [1.165, 1.54) is 6.92 Å². The van der Waals surface area contributed by atoms with Gasteiger partial charge in [-0.3, -0.25) is 4.79 Å². The third-order valence-corrected chi connectivity index (χ3v) is 2.43. The molecule has 4 nitrogen and oxygen atoms in total. The van der Waals surface area contributed by atoms with E-state index < -0.39 is 5.97 Å². The number of ether oxygens (including phenoxy) is 1. The Labute approximate surface area is 107 Å². The van der Waals surface area contributed by atoms with Gasteiger partial charge in [0.2, 0.25) is 0 Å². The van der Waals surface area contributed by atoms with Crippen LogP contribution in [0, 0.1) is 0 Å². The molecular formula is C14H17NO3. The van der Waals surface area contributed by atoms with Crippen LogP contribution < -0.4 is 5.32 Å². The summed E-state index contributed by atoms with van der Waals surface area (Å²) in [5.41, 5.74) is 1.29. The van der Waals surface area contributed by atoms with Gasteiger partial charge in [-0.1, -0.05) is 18.2 Å². The number of allylic oxidation sites excluding steroid dienone is 1. The fourth-order valence-corrected chi connectivity index (χ4v) is 1.34. The van der Waals surface area contributed by atoms with Gasteiger partial charge in [0.05, 0.1) is 6.61 Å². The summed E-state index contributed by atoms with van der Waals surface area (Å²) in [5.74, 6) is -0.685. The first-order valence-corrected chi connectivity index (χ1v) is 5.77. The first-order valence-electron chi connectivity index (χ1n) is 5.77. The second-order valence-electron chi connectivity index (χ2n) is 3.77. The molecule has 0 saturated heterocycles. The maximum absolute atomic E-state index is 11.8. The average molecular weight is 247 g/mol. The summed E-state index contributed by atoms with van der Waals surface area (Å²) < 4.78 is 4.94. The number of hydrogen-bond acceptors (Lipinski definition) is 4. The first-order chi connectivity index (χ1) is 8.56. The number of para-hydroxylation sites is 1. The van der Waals surface area contributed by atoms with Crippen molar-refractivity contribution < 1.29 is 14.3 Å². The van der Waals surface area contributed by atoms with Crippen molar-refractivity contribution in [2.75, 3.05) is 11.9 Å². The smallest absolute Gasteiger partial charge is 0.355 e. The lowest BCUT2D eigenvalue weighted by molar-refractivity contribution is -0.138. The summed E-state index contributed by atoms with van der Waals surface area (Å²) in [4.78, 5) is 23.2. The molecule has 0 aromatic heterocycles. The number of benzene rings is 1. The van der Waals surface area contributed by atoms with Crippen molar-refractivity contribution in [1.82, 2.24) is 0 Å². The van der Waals surface area contributed by atoms with E-state index in [1.807, 2.05) is 30.3 Å². The number of rotatable bonds is 5. The highest BCUT2D eigenvalue weighted by atomic mass is 16.5. The van der Waals surface area contributed by atoms with Crippen molar-refractivity contribution in [3.05, 3.63) is 41.6 Å². The van der Waals surface area contributed by atoms with E-state index in [-0.39, 0.29) is 18.1 Å². The van der Waals surface area contributed by atoms with Gasteiger partial charge in [0.15, 0.2) is 5.78 Å². The van der Waals surface area contributed by atoms with E-state index in [1.54, 1.807) is 13.8 Å². The zero-order chi connectivity index (χ0) is 13.5. The molecule has 0 aliphatic heterocycles. The molecule has 0 bridgehead atoms. The second-order valence-corrected chi connectivity index (χ2v) is 3.77. The molecule has 0 atom stereocenters. The van der Waals surface area contributed by atoms with Gasteiger partial charge in [0, 0.05) is 11.3 Å². The monoisotopic (exact) mass is 247 g/mol. The van der Waals surface area contributed by atoms with Crippen LogP contribution in [0.1, 0.15) is 20.8 Å². The van der Waals surface area contributed by atoms with Crippen LogP contribution in [0.25, 0.3) is 0 Å². The minimum Gasteiger partial charge on any atom is -0.461 e. The molecule has 18 heavy (non-hydrogen) atoms. The van der Waals surface area contributed by atoms with Crippen LogP contribution >= 0.6 is 0 Å². The summed E-state index contributed by atoms with van der Waals surface area (Å²) in [6.07, 6.45) is 0. The van der Waals surface area contributed by atoms with Crippen molar-refractivity contribution in [1.29, 1.82) is 0 Å². The fourth-order valence-electron chi connectivity index (χ4n) is 1.34. The molecular weight excluding hydrogens is 230 g/mol. The number of carbonyl (C=O) groups is 2. The Morgan fingerprint density at radius 1 is 1.17 bits per heavy atom. The number of nitrogens with one attached hydrogen (secondary N) is 1. The zero-order valence-corrected chi connectivity index (χ0v) is 10.8. The number of ketones is 1. The molecule has 0 saturated carbocycles. The van der Waals surface area contributed by atoms with Gasteiger partial charge in [0.1, 0.15) is 5.70 Å². The predicted octanol–water partition coefficient (Wildman–Crippen LogP) is 2.52. The van der Waals surface area contributed by atoms with Crippen LogP contribution in [0.4, 0.5) is 5.69 Å². The van der Waals surface area contributed by atoms with Crippen LogP contribution in [0.2, 0.25) is 0 Å². The molecule has 0 aliphatic rings. The lowest BCUT2D eigenvalue weighted by atomic mass is 10.1. The summed E-state index contributed by atoms with van der Waals surface area (Å²) in [6, 6.07) is 9.18. The average Bonchev–Trinajstić information content (AvgIpc) is 2.36. The van der Waals surface area contributed by atoms with E-state index in [0.29, 0.717) is 5.57 Å². The maximum atomic E-state index is 11.8. The predicted molar refractivity (Wildman–Crippen MR) is 70.1 cm³/mol. The topological polar surface area (TPSA) is 55.4 Å². The van der Waals surface area contributed by atoms with E-state index in [9.17, 15) is 9.59 Å². The van der Waals surface area contributed by atoms with Gasteiger partial charge < -0.3 is 10.1 Å². The molecule has 0 aliphatic carbocycles. The summed E-state index contributed by atoms with van der Waals surface area (Å²) >= 11 is 0. The Hall–Kier alpha value is -2.10. The molecule has 1 aromatic rings. The van der Waals surface area contributed by atoms with Gasteiger partial charge in [-0.2, -0.15) is 0 Å². The Kier molecular flexibility index (Phi) is 5.11. The normalized spacial score (nSPS) is 11.5. The Morgan fingerprint density at radius 3 is 2.28 bits per heavy atom. The van der Waals surface area contributed by atoms with Gasteiger partial charge >= 0.3 is 5.97 Å². The number of carbonyl (C=O) groups excluding carboxylic acids is 2. The third kappa shape index (κ3) is 3.73. The highest BCUT2D eigenvalue weighted by Gasteiger charge is 2.16. The summed E-state index contributed by atoms with van der Waals surface area (Å²) in [5, 5.41) is 2.93. The van der Waals surface area contributed by atoms with Crippen molar-refractivity contribution in [2.45, 2.75) is 20.8 Å². The fraction of sp³-hybridized carbons (Fsp3) is 0.286. The molecule has 0 amide bonds. The van der Waals surface area contributed by atoms with Crippen LogP contribution in [0.5, 0.6) is 0 Å². The van der Waals surface area contributed by atoms with Crippen LogP contribution in [-0.2, 0) is 14.3 Å². The molecule has 1 aromatic carbocycles. The standard InChI is InChI=1S/C14H17NO3/c1-4-18-14(17)13(10(2)11(3)16)15-12-8-6-5-7-9-12/h5-9,15H,4H2,1-3H3/b13-10+. The second kappa shape index (κ2) is 6.59. The molecule has 4 heteroatoms. The number of Topliss-reactive ketones (excluding diaryl/α,β-unsaturated/α-hetero) is 1. The van der Waals surface area contributed by atoms with Crippen molar-refractivity contribution in [3.8, 4) is 0 Å². The number of hydrogen-bond donors (Lipinski definition) is 1. The van der Waals surface area contributed by atoms with Gasteiger partial charge in [-0.25, -0.2) is 4.79 Å². The van der Waals surface area contributed by atoms with Gasteiger partial charge in [-0.05, 0) is 32.9 Å². The van der Waals surface area contributed by atoms with E-state index in [2.05, 4.69) is 5.32 Å². The van der Waals surface area contributed by atoms with Crippen LogP contribution in [0.3, 0.4) is 0 Å². The van der Waals surface area contributed by atoms with Crippen molar-refractivity contribution in [3.63, 3.8) is 0 Å². The van der Waals surface area contributed by atoms with Crippen molar-refractivity contribution in [2.24, 2.45) is 0 Å². The number of esters is 1. The van der Waals surface area contributed by atoms with Gasteiger partial charge in [0.25, 0.3) is 0 Å². The van der Waals surface area contributed by atoms with E-state index in [4.69, 9.17) is 4.74 Å². The summed E-state index contributed by atoms with van der Waals surface area (Å²) in [6.45, 7) is 5.01. The number of anilines is 1. The minimum absolute atomic E-state index is 0.165. The summed E-state index contributed by atoms with van der Waals surface area (Å²) in [7, 11) is 0. The molecule has 1 N–H and O–H groups in total. The minimum atomic E-state index is -0.519. The zero-order valence-electron chi connectivity index (χ0n) is 10.8. The molecule has 0 heterocycles. The van der Waals surface area contributed by atoms with E-state index in [0.717, 1.165) is 5.69 Å². The Bertz CT molecular complexity index is 463. The van der Waals surface area contributed by atoms with Crippen LogP contribution in [-0.4, -0.2) is 18.4 Å². The maximum Gasteiger partial charge on any atom is 0.355 e. The highest BCUT2D eigenvalue weighted by molar-refractivity contribution is 6.04. The van der Waals surface area contributed by atoms with Crippen molar-refractivity contribution >= 4 is 17.4 Å². The highest BCUT2D eigenvalue weighted by Crippen LogP contribution is 2.14. The van der Waals surface area contributed by atoms with Gasteiger partial charge in [-0.15, -0.1) is 0 Å². The largest absolute Gasteiger partial charge is 0.461 e. The Morgan fingerprint density at radius 2 is 1.78 bits per heavy atom. The molecule has 96 valence electrons. The van der Waals surface area contributed by atoms with E-state index >= 15 is 0 Å². The lowest BCUT2D eigenvalue weighted by Gasteiger charge is -2.12. The lowest BCUT2D eigenvalue weighted by Crippen LogP contribution is -2.18. The molecule has 0 fully saturated rings. The molecule has 1 rings (SSSR count). The molecule has 0 unspecified atom stereocenters. The first kappa shape index (κ1) is 14.0. The third-order valence-electron chi connectivity index (χ3n) is 2.43. The molecule has 0 radical (unpaired) electrons. The quantitative estimate of drug-likeness (QED) is 0.641. The SMILES string of the molecule is CCOC(=O)/C(Nc1ccccc1)=C(/C)C(C)=O. The molecule has 0 spiro atoms.